The molecule has 0 aliphatic rings. The number of nitrogens with one attached hydrogen (secondary N) is 1. The van der Waals surface area contributed by atoms with Crippen LogP contribution in [0.15, 0.2) is 60.8 Å². The molecule has 2 aromatic carbocycles. The molecule has 39 heavy (non-hydrogen) atoms. The Morgan fingerprint density at radius 2 is 1.87 bits per heavy atom. The molecular weight excluding hydrogens is 520 g/mol. The first-order valence-corrected chi connectivity index (χ1v) is 12.7. The van der Waals surface area contributed by atoms with E-state index >= 15 is 0 Å². The van der Waals surface area contributed by atoms with E-state index in [-0.39, 0.29) is 36.0 Å². The van der Waals surface area contributed by atoms with Gasteiger partial charge in [-0.05, 0) is 53.0 Å². The first-order chi connectivity index (χ1) is 18.8. The number of primary amides is 1. The van der Waals surface area contributed by atoms with E-state index in [1.807, 2.05) is 12.1 Å². The maximum absolute atomic E-state index is 14.1. The third-order valence-corrected chi connectivity index (χ3v) is 6.89. The third-order valence-electron chi connectivity index (χ3n) is 6.04. The molecule has 0 bridgehead atoms. The predicted octanol–water partition coefficient (Wildman–Crippen LogP) is 2.53. The Morgan fingerprint density at radius 3 is 2.54 bits per heavy atom. The molecule has 0 radical (unpaired) electrons. The predicted molar refractivity (Wildman–Crippen MR) is 147 cm³/mol. The van der Waals surface area contributed by atoms with Gasteiger partial charge in [-0.2, -0.15) is 4.37 Å². The first kappa shape index (κ1) is 27.5. The highest BCUT2D eigenvalue weighted by Gasteiger charge is 2.35. The summed E-state index contributed by atoms with van der Waals surface area (Å²) >= 11 is 0.757. The number of carbonyl (C=O) groups excluding carboxylic acids is 3. The molecule has 12 heteroatoms. The largest absolute Gasteiger partial charge is 0.497 e. The van der Waals surface area contributed by atoms with Gasteiger partial charge in [0.15, 0.2) is 5.69 Å². The number of nitrogens with zero attached hydrogens (tertiary/aromatic N) is 3. The second kappa shape index (κ2) is 12.3. The topological polar surface area (TPSA) is 163 Å². The number of methoxy groups -OCH3 is 2. The number of hydrogen-bond acceptors (Lipinski definition) is 9. The van der Waals surface area contributed by atoms with Gasteiger partial charge in [0, 0.05) is 31.8 Å². The van der Waals surface area contributed by atoms with Crippen molar-refractivity contribution in [2.24, 2.45) is 5.73 Å². The average molecular weight is 549 g/mol. The van der Waals surface area contributed by atoms with Gasteiger partial charge in [0.1, 0.15) is 16.7 Å². The molecule has 3 amide bonds. The molecule has 1 atom stereocenters. The molecule has 0 aliphatic heterocycles. The summed E-state index contributed by atoms with van der Waals surface area (Å²) in [5.41, 5.74) is 13.2. The van der Waals surface area contributed by atoms with E-state index in [9.17, 15) is 14.4 Å². The number of nitrogens with two attached hydrogens (primary N) is 2. The minimum atomic E-state index is -1.07. The van der Waals surface area contributed by atoms with Gasteiger partial charge < -0.3 is 31.2 Å². The van der Waals surface area contributed by atoms with Gasteiger partial charge >= 0.3 is 0 Å². The number of fused-ring (bicyclic) bond motifs is 1. The Kier molecular flexibility index (Phi) is 8.69. The van der Waals surface area contributed by atoms with Crippen LogP contribution in [0.4, 0.5) is 5.69 Å². The zero-order valence-corrected chi connectivity index (χ0v) is 22.2. The van der Waals surface area contributed by atoms with Crippen molar-refractivity contribution in [2.45, 2.75) is 12.6 Å². The summed E-state index contributed by atoms with van der Waals surface area (Å²) in [6.07, 6.45) is 1.68. The highest BCUT2D eigenvalue weighted by molar-refractivity contribution is 7.09. The first-order valence-electron chi connectivity index (χ1n) is 11.9. The number of aromatic nitrogens is 2. The second-order valence-electron chi connectivity index (χ2n) is 8.56. The van der Waals surface area contributed by atoms with E-state index in [0.717, 1.165) is 28.0 Å². The van der Waals surface area contributed by atoms with Crippen LogP contribution >= 0.6 is 11.5 Å². The summed E-state index contributed by atoms with van der Waals surface area (Å²) in [6, 6.07) is 15.1. The van der Waals surface area contributed by atoms with E-state index in [4.69, 9.17) is 20.9 Å². The van der Waals surface area contributed by atoms with Crippen molar-refractivity contribution < 1.29 is 23.9 Å². The second-order valence-corrected chi connectivity index (χ2v) is 9.33. The van der Waals surface area contributed by atoms with Gasteiger partial charge in [0.25, 0.3) is 11.8 Å². The van der Waals surface area contributed by atoms with Crippen molar-refractivity contribution in [3.8, 4) is 5.75 Å². The number of pyridine rings is 1. The Hall–Kier alpha value is -4.55. The SMILES string of the molecule is COCCNC(=O)[C@H](c1ccc2ncccc2c1)N(Cc1ccc(OC)cc1)C(=O)c1snc(C(N)=O)c1N. The van der Waals surface area contributed by atoms with Crippen LogP contribution in [0.5, 0.6) is 5.75 Å². The summed E-state index contributed by atoms with van der Waals surface area (Å²) in [6.45, 7) is 0.565. The van der Waals surface area contributed by atoms with Crippen LogP contribution in [0.2, 0.25) is 0 Å². The fourth-order valence-electron chi connectivity index (χ4n) is 4.08. The van der Waals surface area contributed by atoms with Gasteiger partial charge in [0.2, 0.25) is 5.91 Å². The van der Waals surface area contributed by atoms with Crippen LogP contribution in [0.25, 0.3) is 10.9 Å². The molecule has 11 nitrogen and oxygen atoms in total. The van der Waals surface area contributed by atoms with Crippen LogP contribution in [0.3, 0.4) is 0 Å². The number of hydrogen-bond donors (Lipinski definition) is 3. The number of benzene rings is 2. The van der Waals surface area contributed by atoms with Gasteiger partial charge in [0.05, 0.1) is 24.9 Å². The lowest BCUT2D eigenvalue weighted by atomic mass is 10.00. The van der Waals surface area contributed by atoms with Gasteiger partial charge in [-0.25, -0.2) is 0 Å². The molecule has 4 aromatic rings. The molecular formula is C27H28N6O5S. The number of nitrogen functional groups attached to an aromatic ring is 1. The van der Waals surface area contributed by atoms with Crippen molar-refractivity contribution in [3.05, 3.63) is 82.5 Å². The highest BCUT2D eigenvalue weighted by Crippen LogP contribution is 2.31. The lowest BCUT2D eigenvalue weighted by Gasteiger charge is -2.31. The molecule has 0 saturated carbocycles. The van der Waals surface area contributed by atoms with E-state index in [2.05, 4.69) is 14.7 Å². The van der Waals surface area contributed by atoms with Crippen molar-refractivity contribution in [3.63, 3.8) is 0 Å². The van der Waals surface area contributed by atoms with Crippen molar-refractivity contribution >= 4 is 45.8 Å². The number of amides is 3. The molecule has 2 aromatic heterocycles. The zero-order chi connectivity index (χ0) is 27.9. The monoisotopic (exact) mass is 548 g/mol. The maximum Gasteiger partial charge on any atom is 0.270 e. The van der Waals surface area contributed by atoms with Crippen LogP contribution in [-0.4, -0.2) is 59.4 Å². The average Bonchev–Trinajstić information content (AvgIpc) is 3.34. The minimum Gasteiger partial charge on any atom is -0.497 e. The van der Waals surface area contributed by atoms with Crippen LogP contribution in [0.1, 0.15) is 37.3 Å². The molecule has 0 aliphatic carbocycles. The van der Waals surface area contributed by atoms with E-state index in [1.54, 1.807) is 55.8 Å². The van der Waals surface area contributed by atoms with Gasteiger partial charge in [-0.1, -0.05) is 24.3 Å². The number of rotatable bonds is 11. The van der Waals surface area contributed by atoms with Crippen LogP contribution in [0, 0.1) is 0 Å². The van der Waals surface area contributed by atoms with E-state index in [1.165, 1.54) is 12.0 Å². The molecule has 0 spiro atoms. The minimum absolute atomic E-state index is 0.00876. The lowest BCUT2D eigenvalue weighted by Crippen LogP contribution is -2.44. The van der Waals surface area contributed by atoms with Crippen LogP contribution in [-0.2, 0) is 16.1 Å². The normalized spacial score (nSPS) is 11.6. The smallest absolute Gasteiger partial charge is 0.270 e. The Labute approximate surface area is 228 Å². The Bertz CT molecular complexity index is 1490. The van der Waals surface area contributed by atoms with Gasteiger partial charge in [-0.3, -0.25) is 19.4 Å². The molecule has 4 rings (SSSR count). The Balaban J connectivity index is 1.84. The molecule has 202 valence electrons. The molecule has 0 saturated heterocycles. The van der Waals surface area contributed by atoms with E-state index < -0.39 is 23.8 Å². The fourth-order valence-corrected chi connectivity index (χ4v) is 4.84. The molecule has 0 fully saturated rings. The third kappa shape index (κ3) is 6.13. The molecule has 2 heterocycles. The van der Waals surface area contributed by atoms with Crippen LogP contribution < -0.4 is 21.5 Å². The van der Waals surface area contributed by atoms with Crippen molar-refractivity contribution in [1.29, 1.82) is 0 Å². The van der Waals surface area contributed by atoms with Gasteiger partial charge in [-0.15, -0.1) is 0 Å². The molecule has 0 unspecified atom stereocenters. The van der Waals surface area contributed by atoms with Crippen molar-refractivity contribution in [2.75, 3.05) is 33.1 Å². The summed E-state index contributed by atoms with van der Waals surface area (Å²) in [4.78, 5) is 45.3. The maximum atomic E-state index is 14.1. The fraction of sp³-hybridized carbons (Fsp3) is 0.222. The molecule has 5 N–H and O–H groups in total. The van der Waals surface area contributed by atoms with Crippen molar-refractivity contribution in [1.82, 2.24) is 19.6 Å². The number of carbonyl (C=O) groups is 3. The number of anilines is 1. The van der Waals surface area contributed by atoms with E-state index in [0.29, 0.717) is 11.3 Å². The highest BCUT2D eigenvalue weighted by atomic mass is 32.1. The zero-order valence-electron chi connectivity index (χ0n) is 21.4. The quantitative estimate of drug-likeness (QED) is 0.241. The standard InChI is InChI=1S/C27H28N6O5S/c1-37-13-12-31-26(35)23(18-7-10-20-17(14-18)4-3-11-30-20)33(15-16-5-8-19(38-2)9-6-16)27(36)24-21(28)22(25(29)34)32-39-24/h3-11,14,23H,12-13,15,28H2,1-2H3,(H2,29,34)(H,31,35)/t23-/m0/s1. The lowest BCUT2D eigenvalue weighted by molar-refractivity contribution is -0.126. The summed E-state index contributed by atoms with van der Waals surface area (Å²) < 4.78 is 14.3. The summed E-state index contributed by atoms with van der Waals surface area (Å²) in [5, 5.41) is 3.65. The summed E-state index contributed by atoms with van der Waals surface area (Å²) in [5.74, 6) is -1.20. The Morgan fingerprint density at radius 1 is 1.10 bits per heavy atom. The number of ether oxygens (including phenoxy) is 2. The summed E-state index contributed by atoms with van der Waals surface area (Å²) in [7, 11) is 3.09.